The van der Waals surface area contributed by atoms with Crippen molar-refractivity contribution in [2.45, 2.75) is 40.3 Å². The molecule has 0 amide bonds. The van der Waals surface area contributed by atoms with Crippen molar-refractivity contribution in [1.29, 1.82) is 0 Å². The second-order valence-electron chi connectivity index (χ2n) is 8.65. The molecule has 0 saturated heterocycles. The molecule has 2 aromatic carbocycles. The number of halogens is 1. The van der Waals surface area contributed by atoms with Gasteiger partial charge in [-0.2, -0.15) is 0 Å². The van der Waals surface area contributed by atoms with E-state index in [9.17, 15) is 9.18 Å². The fourth-order valence-electron chi connectivity index (χ4n) is 4.73. The highest BCUT2D eigenvalue weighted by molar-refractivity contribution is 6.01. The molecule has 3 heterocycles. The van der Waals surface area contributed by atoms with Crippen LogP contribution in [0, 0.1) is 19.7 Å². The summed E-state index contributed by atoms with van der Waals surface area (Å²) in [6, 6.07) is 17.1. The molecular formula is C27H26FN3O. The van der Waals surface area contributed by atoms with Crippen molar-refractivity contribution >= 4 is 22.5 Å². The molecule has 0 bridgehead atoms. The maximum atomic E-state index is 13.9. The molecule has 162 valence electrons. The van der Waals surface area contributed by atoms with Crippen LogP contribution in [0.15, 0.2) is 54.6 Å². The Morgan fingerprint density at radius 2 is 1.84 bits per heavy atom. The zero-order valence-electron chi connectivity index (χ0n) is 18.7. The van der Waals surface area contributed by atoms with Crippen LogP contribution in [0.5, 0.6) is 0 Å². The van der Waals surface area contributed by atoms with E-state index in [2.05, 4.69) is 47.6 Å². The molecule has 0 atom stereocenters. The molecule has 0 saturated carbocycles. The summed E-state index contributed by atoms with van der Waals surface area (Å²) >= 11 is 0. The number of ketones is 1. The van der Waals surface area contributed by atoms with Crippen LogP contribution in [-0.2, 0) is 19.5 Å². The predicted molar refractivity (Wildman–Crippen MR) is 126 cm³/mol. The topological polar surface area (TPSA) is 38.1 Å². The first kappa shape index (κ1) is 20.4. The van der Waals surface area contributed by atoms with Crippen molar-refractivity contribution in [3.05, 3.63) is 94.1 Å². The number of aryl methyl sites for hydroxylation is 1. The van der Waals surface area contributed by atoms with Crippen LogP contribution in [0.4, 0.5) is 10.2 Å². The maximum Gasteiger partial charge on any atom is 0.178 e. The van der Waals surface area contributed by atoms with Gasteiger partial charge in [0.05, 0.1) is 5.52 Å². The Balaban J connectivity index is 1.70. The van der Waals surface area contributed by atoms with E-state index in [0.717, 1.165) is 53.1 Å². The molecule has 0 fully saturated rings. The van der Waals surface area contributed by atoms with E-state index in [0.29, 0.717) is 12.2 Å². The number of carbonyl (C=O) groups excluding carboxylic acids is 1. The maximum absolute atomic E-state index is 13.9. The summed E-state index contributed by atoms with van der Waals surface area (Å²) in [5, 5.41) is 1.04. The van der Waals surface area contributed by atoms with Crippen molar-refractivity contribution in [3.63, 3.8) is 0 Å². The van der Waals surface area contributed by atoms with Gasteiger partial charge in [0.2, 0.25) is 0 Å². The number of rotatable bonds is 4. The molecule has 0 spiro atoms. The van der Waals surface area contributed by atoms with E-state index in [1.165, 1.54) is 17.2 Å². The van der Waals surface area contributed by atoms with Crippen LogP contribution < -0.4 is 4.90 Å². The highest BCUT2D eigenvalue weighted by atomic mass is 19.1. The summed E-state index contributed by atoms with van der Waals surface area (Å²) in [6.45, 7) is 7.87. The van der Waals surface area contributed by atoms with Gasteiger partial charge in [0.25, 0.3) is 0 Å². The van der Waals surface area contributed by atoms with Gasteiger partial charge in [0.1, 0.15) is 11.5 Å². The lowest BCUT2D eigenvalue weighted by Gasteiger charge is -2.31. The highest BCUT2D eigenvalue weighted by Crippen LogP contribution is 2.35. The van der Waals surface area contributed by atoms with Crippen molar-refractivity contribution < 1.29 is 9.18 Å². The molecule has 5 rings (SSSR count). The Morgan fingerprint density at radius 3 is 2.59 bits per heavy atom. The number of Topliss-reactive ketones (excluding diaryl/α,β-unsaturated/α-hetero) is 1. The lowest BCUT2D eigenvalue weighted by atomic mass is 9.99. The van der Waals surface area contributed by atoms with Crippen LogP contribution in [0.3, 0.4) is 0 Å². The lowest BCUT2D eigenvalue weighted by Crippen LogP contribution is -2.31. The monoisotopic (exact) mass is 427 g/mol. The third kappa shape index (κ3) is 3.48. The van der Waals surface area contributed by atoms with E-state index < -0.39 is 0 Å². The molecule has 0 radical (unpaired) electrons. The smallest absolute Gasteiger partial charge is 0.178 e. The summed E-state index contributed by atoms with van der Waals surface area (Å²) in [5.74, 6) is 0.550. The third-order valence-electron chi connectivity index (χ3n) is 6.62. The zero-order valence-corrected chi connectivity index (χ0v) is 18.7. The van der Waals surface area contributed by atoms with E-state index in [1.807, 2.05) is 12.1 Å². The number of anilines is 1. The quantitative estimate of drug-likeness (QED) is 0.398. The Hall–Kier alpha value is -3.47. The summed E-state index contributed by atoms with van der Waals surface area (Å²) in [6.07, 6.45) is 0.937. The van der Waals surface area contributed by atoms with Gasteiger partial charge in [-0.25, -0.2) is 9.37 Å². The number of benzene rings is 2. The van der Waals surface area contributed by atoms with Gasteiger partial charge in [-0.1, -0.05) is 36.4 Å². The van der Waals surface area contributed by atoms with E-state index in [-0.39, 0.29) is 11.6 Å². The van der Waals surface area contributed by atoms with Crippen molar-refractivity contribution in [2.75, 3.05) is 11.4 Å². The zero-order chi connectivity index (χ0) is 22.4. The molecule has 0 aliphatic carbocycles. The minimum atomic E-state index is -0.238. The van der Waals surface area contributed by atoms with Crippen LogP contribution in [0.2, 0.25) is 0 Å². The molecule has 2 aromatic heterocycles. The molecular weight excluding hydrogens is 401 g/mol. The average Bonchev–Trinajstić information content (AvgIpc) is 3.03. The summed E-state index contributed by atoms with van der Waals surface area (Å²) in [7, 11) is 0. The molecule has 4 aromatic rings. The first-order valence-electron chi connectivity index (χ1n) is 11.0. The van der Waals surface area contributed by atoms with Gasteiger partial charge in [-0.05, 0) is 60.7 Å². The number of aromatic nitrogens is 2. The summed E-state index contributed by atoms with van der Waals surface area (Å²) < 4.78 is 16.1. The van der Waals surface area contributed by atoms with Crippen LogP contribution in [-0.4, -0.2) is 21.9 Å². The largest absolute Gasteiger partial charge is 0.350 e. The molecule has 4 nitrogen and oxygen atoms in total. The van der Waals surface area contributed by atoms with Gasteiger partial charge in [-0.3, -0.25) is 4.79 Å². The molecule has 0 N–H and O–H groups in total. The Bertz CT molecular complexity index is 1350. The standard InChI is InChI=1S/C27H26FN3O/c1-17-18(2)31(15-20-7-6-10-23(28)13-20)26-24(17)14-25(19(3)32)29-27(26)30-12-11-21-8-4-5-9-22(21)16-30/h4-10,13-14H,11-12,15-16H2,1-3H3. The van der Waals surface area contributed by atoms with Crippen molar-refractivity contribution in [3.8, 4) is 0 Å². The Labute approximate surface area is 187 Å². The van der Waals surface area contributed by atoms with Crippen molar-refractivity contribution in [2.24, 2.45) is 0 Å². The fraction of sp³-hybridized carbons (Fsp3) is 0.259. The predicted octanol–water partition coefficient (Wildman–Crippen LogP) is 5.61. The van der Waals surface area contributed by atoms with Gasteiger partial charge in [0, 0.05) is 37.6 Å². The molecule has 0 unspecified atom stereocenters. The van der Waals surface area contributed by atoms with Crippen LogP contribution in [0.25, 0.3) is 10.9 Å². The van der Waals surface area contributed by atoms with E-state index in [4.69, 9.17) is 4.98 Å². The number of hydrogen-bond acceptors (Lipinski definition) is 3. The lowest BCUT2D eigenvalue weighted by molar-refractivity contribution is 0.101. The van der Waals surface area contributed by atoms with Crippen molar-refractivity contribution in [1.82, 2.24) is 9.55 Å². The highest BCUT2D eigenvalue weighted by Gasteiger charge is 2.24. The van der Waals surface area contributed by atoms with E-state index in [1.54, 1.807) is 19.1 Å². The van der Waals surface area contributed by atoms with Gasteiger partial charge < -0.3 is 9.47 Å². The second-order valence-corrected chi connectivity index (χ2v) is 8.65. The van der Waals surface area contributed by atoms with Gasteiger partial charge in [-0.15, -0.1) is 0 Å². The molecule has 1 aliphatic rings. The molecule has 1 aliphatic heterocycles. The number of nitrogens with zero attached hydrogens (tertiary/aromatic N) is 3. The SMILES string of the molecule is CC(=O)c1cc2c(C)c(C)n(Cc3cccc(F)c3)c2c(N2CCc3ccccc3C2)n1. The third-order valence-corrected chi connectivity index (χ3v) is 6.62. The summed E-state index contributed by atoms with van der Waals surface area (Å²) in [5.41, 5.74) is 7.27. The average molecular weight is 428 g/mol. The minimum absolute atomic E-state index is 0.0412. The van der Waals surface area contributed by atoms with Crippen LogP contribution in [0.1, 0.15) is 45.4 Å². The number of carbonyl (C=O) groups is 1. The minimum Gasteiger partial charge on any atom is -0.350 e. The fourth-order valence-corrected chi connectivity index (χ4v) is 4.73. The number of fused-ring (bicyclic) bond motifs is 2. The van der Waals surface area contributed by atoms with Crippen LogP contribution >= 0.6 is 0 Å². The Morgan fingerprint density at radius 1 is 1.06 bits per heavy atom. The second kappa shape index (κ2) is 7.90. The first-order valence-corrected chi connectivity index (χ1v) is 11.0. The molecule has 5 heteroatoms. The Kier molecular flexibility index (Phi) is 5.04. The first-order chi connectivity index (χ1) is 15.4. The van der Waals surface area contributed by atoms with Gasteiger partial charge in [0.15, 0.2) is 11.6 Å². The summed E-state index contributed by atoms with van der Waals surface area (Å²) in [4.78, 5) is 19.5. The number of pyridine rings is 1. The van der Waals surface area contributed by atoms with E-state index >= 15 is 0 Å². The van der Waals surface area contributed by atoms with Gasteiger partial charge >= 0.3 is 0 Å². The molecule has 32 heavy (non-hydrogen) atoms. The number of hydrogen-bond donors (Lipinski definition) is 0. The normalized spacial score (nSPS) is 13.4.